The number of anilines is 1. The lowest BCUT2D eigenvalue weighted by molar-refractivity contribution is 0.786. The Morgan fingerprint density at radius 1 is 1.24 bits per heavy atom. The number of aromatic amines is 2. The molecule has 4 aromatic heterocycles. The summed E-state index contributed by atoms with van der Waals surface area (Å²) in [5.41, 5.74) is 1.29. The molecule has 10 heteroatoms. The zero-order valence-corrected chi connectivity index (χ0v) is 13.4. The van der Waals surface area contributed by atoms with E-state index >= 15 is 0 Å². The van der Waals surface area contributed by atoms with Crippen LogP contribution < -0.4 is 11.0 Å². The highest BCUT2D eigenvalue weighted by atomic mass is 16.1. The van der Waals surface area contributed by atoms with Crippen molar-refractivity contribution in [1.82, 2.24) is 39.9 Å². The van der Waals surface area contributed by atoms with Crippen LogP contribution in [0.4, 0.5) is 5.82 Å². The Bertz CT molecular complexity index is 1060. The minimum atomic E-state index is -0.313. The molecule has 0 radical (unpaired) electrons. The second-order valence-corrected chi connectivity index (χ2v) is 5.44. The summed E-state index contributed by atoms with van der Waals surface area (Å²) in [5, 5.41) is 14.6. The van der Waals surface area contributed by atoms with Crippen molar-refractivity contribution < 1.29 is 0 Å². The first-order valence-corrected chi connectivity index (χ1v) is 7.68. The van der Waals surface area contributed by atoms with Gasteiger partial charge in [0.1, 0.15) is 11.6 Å². The van der Waals surface area contributed by atoms with Crippen molar-refractivity contribution in [3.63, 3.8) is 0 Å². The summed E-state index contributed by atoms with van der Waals surface area (Å²) >= 11 is 0. The number of hydrogen-bond donors (Lipinski definition) is 3. The number of nitrogens with one attached hydrogen (secondary N) is 3. The van der Waals surface area contributed by atoms with Gasteiger partial charge in [0.25, 0.3) is 0 Å². The van der Waals surface area contributed by atoms with E-state index in [-0.39, 0.29) is 5.69 Å². The highest BCUT2D eigenvalue weighted by molar-refractivity contribution is 5.88. The number of aryl methyl sites for hydroxylation is 1. The molecule has 4 aromatic rings. The summed E-state index contributed by atoms with van der Waals surface area (Å²) in [6.45, 7) is 0.553. The number of rotatable bonds is 5. The predicted octanol–water partition coefficient (Wildman–Crippen LogP) is 0.491. The maximum Gasteiger partial charge on any atom is 0.340 e. The molecule has 0 fully saturated rings. The van der Waals surface area contributed by atoms with Gasteiger partial charge in [0, 0.05) is 38.0 Å². The molecule has 0 aromatic carbocycles. The van der Waals surface area contributed by atoms with Crippen LogP contribution in [-0.2, 0) is 13.5 Å². The van der Waals surface area contributed by atoms with E-state index in [1.807, 2.05) is 19.2 Å². The van der Waals surface area contributed by atoms with Crippen LogP contribution in [0, 0.1) is 0 Å². The molecule has 4 heterocycles. The van der Waals surface area contributed by atoms with Gasteiger partial charge >= 0.3 is 5.69 Å². The van der Waals surface area contributed by atoms with Crippen molar-refractivity contribution in [3.8, 4) is 11.4 Å². The van der Waals surface area contributed by atoms with E-state index in [2.05, 4.69) is 40.5 Å². The molecular formula is C15H15N9O. The number of aromatic nitrogens is 8. The van der Waals surface area contributed by atoms with Gasteiger partial charge in [-0.1, -0.05) is 0 Å². The molecule has 0 amide bonds. The topological polar surface area (TPSA) is 130 Å². The van der Waals surface area contributed by atoms with Crippen molar-refractivity contribution >= 4 is 16.9 Å². The third-order valence-corrected chi connectivity index (χ3v) is 3.74. The lowest BCUT2D eigenvalue weighted by atomic mass is 10.2. The van der Waals surface area contributed by atoms with Crippen LogP contribution in [-0.4, -0.2) is 46.5 Å². The summed E-state index contributed by atoms with van der Waals surface area (Å²) in [6.07, 6.45) is 5.68. The van der Waals surface area contributed by atoms with Gasteiger partial charge in [-0.15, -0.1) is 0 Å². The van der Waals surface area contributed by atoms with Gasteiger partial charge in [0.05, 0.1) is 11.6 Å². The van der Waals surface area contributed by atoms with Gasteiger partial charge in [-0.05, 0) is 12.1 Å². The quantitative estimate of drug-likeness (QED) is 0.483. The van der Waals surface area contributed by atoms with Crippen molar-refractivity contribution in [1.29, 1.82) is 0 Å². The third-order valence-electron chi connectivity index (χ3n) is 3.74. The number of nitrogens with zero attached hydrogens (tertiary/aromatic N) is 6. The van der Waals surface area contributed by atoms with E-state index in [0.717, 1.165) is 16.6 Å². The van der Waals surface area contributed by atoms with E-state index in [9.17, 15) is 4.79 Å². The largest absolute Gasteiger partial charge is 0.369 e. The average molecular weight is 337 g/mol. The predicted molar refractivity (Wildman–Crippen MR) is 90.9 cm³/mol. The molecule has 0 saturated heterocycles. The third kappa shape index (κ3) is 2.96. The van der Waals surface area contributed by atoms with Crippen LogP contribution in [0.5, 0.6) is 0 Å². The first kappa shape index (κ1) is 15.0. The highest BCUT2D eigenvalue weighted by Crippen LogP contribution is 2.24. The highest BCUT2D eigenvalue weighted by Gasteiger charge is 2.12. The minimum absolute atomic E-state index is 0.313. The standard InChI is InChI=1S/C15H15N9O/c1-24-14-10(8-18-24)13(17-7-4-11-19-15(25)23-22-11)20-12(21-14)9-2-5-16-6-3-9/h2-3,5-6,8H,4,7H2,1H3,(H,17,20,21)(H2,19,22,23,25). The Morgan fingerprint density at radius 3 is 2.84 bits per heavy atom. The Balaban J connectivity index is 1.65. The van der Waals surface area contributed by atoms with Crippen molar-refractivity contribution in [2.24, 2.45) is 7.05 Å². The second kappa shape index (κ2) is 6.15. The molecule has 126 valence electrons. The van der Waals surface area contributed by atoms with Gasteiger partial charge in [0.15, 0.2) is 11.5 Å². The Labute approximate surface area is 141 Å². The molecule has 4 rings (SSSR count). The van der Waals surface area contributed by atoms with E-state index < -0.39 is 0 Å². The fourth-order valence-electron chi connectivity index (χ4n) is 2.51. The summed E-state index contributed by atoms with van der Waals surface area (Å²) in [4.78, 5) is 26.9. The van der Waals surface area contributed by atoms with E-state index in [4.69, 9.17) is 0 Å². The van der Waals surface area contributed by atoms with E-state index in [0.29, 0.717) is 30.4 Å². The lowest BCUT2D eigenvalue weighted by Gasteiger charge is -2.08. The van der Waals surface area contributed by atoms with Crippen LogP contribution >= 0.6 is 0 Å². The molecule has 10 nitrogen and oxygen atoms in total. The molecule has 0 saturated carbocycles. The van der Waals surface area contributed by atoms with Crippen molar-refractivity contribution in [3.05, 3.63) is 47.0 Å². The maximum absolute atomic E-state index is 11.1. The molecule has 0 aliphatic heterocycles. The fraction of sp³-hybridized carbons (Fsp3) is 0.200. The van der Waals surface area contributed by atoms with Crippen molar-refractivity contribution in [2.45, 2.75) is 6.42 Å². The number of pyridine rings is 1. The Kier molecular flexibility index (Phi) is 3.69. The van der Waals surface area contributed by atoms with E-state index in [1.54, 1.807) is 23.3 Å². The van der Waals surface area contributed by atoms with E-state index in [1.165, 1.54) is 0 Å². The van der Waals surface area contributed by atoms with Crippen LogP contribution in [0.15, 0.2) is 35.5 Å². The molecule has 0 unspecified atom stereocenters. The molecule has 0 spiro atoms. The normalized spacial score (nSPS) is 11.1. The fourth-order valence-corrected chi connectivity index (χ4v) is 2.51. The number of H-pyrrole nitrogens is 2. The summed E-state index contributed by atoms with van der Waals surface area (Å²) < 4.78 is 1.71. The molecule has 0 aliphatic carbocycles. The summed E-state index contributed by atoms with van der Waals surface area (Å²) in [7, 11) is 1.84. The summed E-state index contributed by atoms with van der Waals surface area (Å²) in [5.74, 6) is 1.86. The van der Waals surface area contributed by atoms with Crippen molar-refractivity contribution in [2.75, 3.05) is 11.9 Å². The molecule has 25 heavy (non-hydrogen) atoms. The molecular weight excluding hydrogens is 322 g/mol. The van der Waals surface area contributed by atoms with Crippen LogP contribution in [0.3, 0.4) is 0 Å². The van der Waals surface area contributed by atoms with Gasteiger partial charge in [-0.2, -0.15) is 10.2 Å². The maximum atomic E-state index is 11.1. The first-order chi connectivity index (χ1) is 12.2. The van der Waals surface area contributed by atoms with Gasteiger partial charge in [-0.25, -0.2) is 19.9 Å². The smallest absolute Gasteiger partial charge is 0.340 e. The zero-order chi connectivity index (χ0) is 17.2. The van der Waals surface area contributed by atoms with Crippen LogP contribution in [0.1, 0.15) is 5.82 Å². The second-order valence-electron chi connectivity index (χ2n) is 5.44. The van der Waals surface area contributed by atoms with Gasteiger partial charge in [0.2, 0.25) is 0 Å². The minimum Gasteiger partial charge on any atom is -0.369 e. The number of fused-ring (bicyclic) bond motifs is 1. The Morgan fingerprint density at radius 2 is 2.08 bits per heavy atom. The Hall–Kier alpha value is -3.56. The molecule has 0 aliphatic rings. The molecule has 0 bridgehead atoms. The molecule has 3 N–H and O–H groups in total. The van der Waals surface area contributed by atoms with Crippen LogP contribution in [0.2, 0.25) is 0 Å². The lowest BCUT2D eigenvalue weighted by Crippen LogP contribution is -2.09. The SMILES string of the molecule is Cn1ncc2c(NCCc3n[nH]c(=O)[nH]3)nc(-c3ccncc3)nc21. The zero-order valence-electron chi connectivity index (χ0n) is 13.4. The van der Waals surface area contributed by atoms with Crippen LogP contribution in [0.25, 0.3) is 22.4 Å². The number of hydrogen-bond acceptors (Lipinski definition) is 7. The average Bonchev–Trinajstić information content (AvgIpc) is 3.22. The first-order valence-electron chi connectivity index (χ1n) is 7.68. The molecule has 0 atom stereocenters. The van der Waals surface area contributed by atoms with Gasteiger partial charge in [-0.3, -0.25) is 14.6 Å². The monoisotopic (exact) mass is 337 g/mol. The van der Waals surface area contributed by atoms with Gasteiger partial charge < -0.3 is 5.32 Å². The summed E-state index contributed by atoms with van der Waals surface area (Å²) in [6, 6.07) is 3.71.